The molecule has 3 rings (SSSR count). The molecule has 0 spiro atoms. The van der Waals surface area contributed by atoms with Crippen molar-refractivity contribution in [2.45, 2.75) is 31.9 Å². The molecule has 31 heavy (non-hydrogen) atoms. The van der Waals surface area contributed by atoms with Crippen molar-refractivity contribution >= 4 is 11.6 Å². The highest BCUT2D eigenvalue weighted by Crippen LogP contribution is 2.40. The van der Waals surface area contributed by atoms with Crippen molar-refractivity contribution in [3.8, 4) is 0 Å². The topological polar surface area (TPSA) is 60.8 Å². The number of hydrogen-bond donors (Lipinski definition) is 2. The molecule has 1 saturated heterocycles. The molecule has 3 atom stereocenters. The summed E-state index contributed by atoms with van der Waals surface area (Å²) in [6, 6.07) is 10.9. The van der Waals surface area contributed by atoms with Gasteiger partial charge in [-0.1, -0.05) is 24.8 Å². The number of nitrogens with zero attached hydrogens (tertiary/aromatic N) is 1. The Morgan fingerprint density at radius 2 is 1.68 bits per heavy atom. The number of amides is 1. The monoisotopic (exact) mass is 425 g/mol. The van der Waals surface area contributed by atoms with Gasteiger partial charge in [-0.2, -0.15) is 0 Å². The van der Waals surface area contributed by atoms with Gasteiger partial charge >= 0.3 is 0 Å². The molecule has 1 aliphatic rings. The van der Waals surface area contributed by atoms with E-state index in [0.717, 1.165) is 0 Å². The lowest BCUT2D eigenvalue weighted by Crippen LogP contribution is -2.61. The first kappa shape index (κ1) is 22.4. The first-order valence-electron chi connectivity index (χ1n) is 10.1. The standard InChI is InChI=1S/C25H25F2NO3/c1-3-21(29)13-4-16(2)24-22(14-15-23(30)17-5-7-18(26)8-6-17)25(31)28(24)20-11-9-19(27)10-12-20/h3-13,22-24,29-30H,2,14-15H2,1H3/b13-4-,21-3+/t22-,23+,24-/m1/s1. The van der Waals surface area contributed by atoms with Gasteiger partial charge in [-0.25, -0.2) is 8.78 Å². The highest BCUT2D eigenvalue weighted by atomic mass is 19.1. The number of anilines is 1. The Balaban J connectivity index is 1.77. The number of aliphatic hydroxyl groups is 2. The minimum absolute atomic E-state index is 0.0726. The van der Waals surface area contributed by atoms with E-state index in [1.807, 2.05) is 0 Å². The van der Waals surface area contributed by atoms with E-state index in [1.54, 1.807) is 17.9 Å². The number of halogens is 2. The van der Waals surface area contributed by atoms with Gasteiger partial charge in [-0.3, -0.25) is 4.79 Å². The van der Waals surface area contributed by atoms with Gasteiger partial charge in [-0.15, -0.1) is 0 Å². The third-order valence-electron chi connectivity index (χ3n) is 5.47. The summed E-state index contributed by atoms with van der Waals surface area (Å²) in [7, 11) is 0. The molecule has 2 N–H and O–H groups in total. The Bertz CT molecular complexity index is 996. The number of carbonyl (C=O) groups is 1. The normalized spacial score (nSPS) is 20.1. The van der Waals surface area contributed by atoms with E-state index >= 15 is 0 Å². The molecule has 1 fully saturated rings. The first-order chi connectivity index (χ1) is 14.8. The summed E-state index contributed by atoms with van der Waals surface area (Å²) in [5, 5.41) is 20.1. The largest absolute Gasteiger partial charge is 0.508 e. The van der Waals surface area contributed by atoms with E-state index in [4.69, 9.17) is 0 Å². The van der Waals surface area contributed by atoms with Gasteiger partial charge in [0.05, 0.1) is 18.1 Å². The Morgan fingerprint density at radius 3 is 2.26 bits per heavy atom. The fourth-order valence-corrected chi connectivity index (χ4v) is 3.72. The minimum Gasteiger partial charge on any atom is -0.508 e. The van der Waals surface area contributed by atoms with Crippen molar-refractivity contribution in [1.82, 2.24) is 0 Å². The van der Waals surface area contributed by atoms with E-state index in [-0.39, 0.29) is 23.5 Å². The van der Waals surface area contributed by atoms with Crippen LogP contribution in [-0.4, -0.2) is 22.2 Å². The maximum Gasteiger partial charge on any atom is 0.233 e. The van der Waals surface area contributed by atoms with Crippen LogP contribution in [0.2, 0.25) is 0 Å². The van der Waals surface area contributed by atoms with E-state index in [9.17, 15) is 23.8 Å². The smallest absolute Gasteiger partial charge is 0.233 e. The molecule has 1 amide bonds. The number of allylic oxidation sites excluding steroid dienone is 2. The summed E-state index contributed by atoms with van der Waals surface area (Å²) in [4.78, 5) is 14.5. The lowest BCUT2D eigenvalue weighted by Gasteiger charge is -2.48. The first-order valence-corrected chi connectivity index (χ1v) is 10.1. The molecule has 2 aromatic rings. The fourth-order valence-electron chi connectivity index (χ4n) is 3.72. The molecule has 2 aromatic carbocycles. The van der Waals surface area contributed by atoms with Gasteiger partial charge in [0.1, 0.15) is 17.4 Å². The molecular formula is C25H25F2NO3. The number of benzene rings is 2. The molecular weight excluding hydrogens is 400 g/mol. The molecule has 0 bridgehead atoms. The zero-order chi connectivity index (χ0) is 22.5. The number of rotatable bonds is 8. The Labute approximate surface area is 180 Å². The predicted molar refractivity (Wildman–Crippen MR) is 116 cm³/mol. The van der Waals surface area contributed by atoms with Gasteiger partial charge in [-0.05, 0) is 79.5 Å². The molecule has 1 heterocycles. The second-order valence-electron chi connectivity index (χ2n) is 7.50. The molecule has 6 heteroatoms. The summed E-state index contributed by atoms with van der Waals surface area (Å²) in [5.74, 6) is -1.28. The third-order valence-corrected chi connectivity index (χ3v) is 5.47. The summed E-state index contributed by atoms with van der Waals surface area (Å²) >= 11 is 0. The second kappa shape index (κ2) is 9.71. The SMILES string of the molecule is C=C(/C=C\C(O)=C/C)[C@@H]1[C@@H](CC[C@H](O)c2ccc(F)cc2)C(=O)N1c1ccc(F)cc1. The van der Waals surface area contributed by atoms with E-state index in [1.165, 1.54) is 60.7 Å². The highest BCUT2D eigenvalue weighted by Gasteiger charge is 2.48. The zero-order valence-electron chi connectivity index (χ0n) is 17.2. The van der Waals surface area contributed by atoms with Crippen molar-refractivity contribution in [2.75, 3.05) is 4.90 Å². The van der Waals surface area contributed by atoms with E-state index < -0.39 is 17.8 Å². The highest BCUT2D eigenvalue weighted by molar-refractivity contribution is 6.04. The molecule has 162 valence electrons. The Morgan fingerprint density at radius 1 is 1.10 bits per heavy atom. The average molecular weight is 425 g/mol. The van der Waals surface area contributed by atoms with Crippen LogP contribution in [0.1, 0.15) is 31.4 Å². The van der Waals surface area contributed by atoms with Gasteiger partial charge in [0.2, 0.25) is 5.91 Å². The van der Waals surface area contributed by atoms with Crippen LogP contribution in [0.15, 0.2) is 84.7 Å². The number of aliphatic hydroxyl groups excluding tert-OH is 2. The second-order valence-corrected chi connectivity index (χ2v) is 7.50. The van der Waals surface area contributed by atoms with Gasteiger partial charge in [0.25, 0.3) is 0 Å². The van der Waals surface area contributed by atoms with Crippen LogP contribution >= 0.6 is 0 Å². The molecule has 0 saturated carbocycles. The van der Waals surface area contributed by atoms with Crippen molar-refractivity contribution in [2.24, 2.45) is 5.92 Å². The maximum atomic E-state index is 13.3. The predicted octanol–water partition coefficient (Wildman–Crippen LogP) is 5.38. The van der Waals surface area contributed by atoms with Crippen LogP contribution in [0.3, 0.4) is 0 Å². The third kappa shape index (κ3) is 5.09. The lowest BCUT2D eigenvalue weighted by atomic mass is 9.78. The number of carbonyl (C=O) groups excluding carboxylic acids is 1. The number of hydrogen-bond acceptors (Lipinski definition) is 3. The van der Waals surface area contributed by atoms with Crippen LogP contribution in [0, 0.1) is 17.6 Å². The van der Waals surface area contributed by atoms with Gasteiger partial charge in [0.15, 0.2) is 0 Å². The summed E-state index contributed by atoms with van der Waals surface area (Å²) in [6.07, 6.45) is 4.55. The lowest BCUT2D eigenvalue weighted by molar-refractivity contribution is -0.129. The van der Waals surface area contributed by atoms with Crippen LogP contribution in [0.4, 0.5) is 14.5 Å². The summed E-state index contributed by atoms with van der Waals surface area (Å²) < 4.78 is 26.4. The maximum absolute atomic E-state index is 13.3. The van der Waals surface area contributed by atoms with Crippen LogP contribution in [0.5, 0.6) is 0 Å². The van der Waals surface area contributed by atoms with Crippen LogP contribution < -0.4 is 4.90 Å². The Hall–Kier alpha value is -3.25. The Kier molecular flexibility index (Phi) is 7.02. The van der Waals surface area contributed by atoms with Gasteiger partial charge in [0, 0.05) is 5.69 Å². The molecule has 1 aliphatic heterocycles. The van der Waals surface area contributed by atoms with Gasteiger partial charge < -0.3 is 15.1 Å². The van der Waals surface area contributed by atoms with Crippen LogP contribution in [-0.2, 0) is 4.79 Å². The van der Waals surface area contributed by atoms with Crippen molar-refractivity contribution in [3.63, 3.8) is 0 Å². The van der Waals surface area contributed by atoms with Crippen molar-refractivity contribution < 1.29 is 23.8 Å². The summed E-state index contributed by atoms with van der Waals surface area (Å²) in [6.45, 7) is 5.75. The summed E-state index contributed by atoms with van der Waals surface area (Å²) in [5.41, 5.74) is 1.74. The molecule has 0 aliphatic carbocycles. The quantitative estimate of drug-likeness (QED) is 0.339. The molecule has 0 unspecified atom stereocenters. The molecule has 0 radical (unpaired) electrons. The van der Waals surface area contributed by atoms with Crippen molar-refractivity contribution in [3.05, 3.63) is 102 Å². The molecule has 0 aromatic heterocycles. The molecule has 4 nitrogen and oxygen atoms in total. The number of β-lactam (4-membered cyclic amide) rings is 1. The van der Waals surface area contributed by atoms with Crippen LogP contribution in [0.25, 0.3) is 0 Å². The zero-order valence-corrected chi connectivity index (χ0v) is 17.2. The van der Waals surface area contributed by atoms with E-state index in [0.29, 0.717) is 29.7 Å². The fraction of sp³-hybridized carbons (Fsp3) is 0.240. The minimum atomic E-state index is -0.829. The van der Waals surface area contributed by atoms with E-state index in [2.05, 4.69) is 6.58 Å². The van der Waals surface area contributed by atoms with Crippen molar-refractivity contribution in [1.29, 1.82) is 0 Å². The average Bonchev–Trinajstić information content (AvgIpc) is 2.77.